The molecule has 3 heterocycles. The monoisotopic (exact) mass is 1130 g/mol. The van der Waals surface area contributed by atoms with E-state index in [9.17, 15) is 19.2 Å². The fourth-order valence-corrected chi connectivity index (χ4v) is 11.6. The van der Waals surface area contributed by atoms with Crippen molar-refractivity contribution in [2.75, 3.05) is 25.5 Å². The molecule has 10 rings (SSSR count). The summed E-state index contributed by atoms with van der Waals surface area (Å²) in [6.45, 7) is 0.327. The maximum absolute atomic E-state index is 14.4. The molecule has 3 aliphatic heterocycles. The number of ether oxygens (including phenoxy) is 10. The molecule has 0 radical (unpaired) electrons. The number of carbonyl (C=O) groups excluding carboxylic acids is 4. The average Bonchev–Trinajstić information content (AvgIpc) is 4.08. The molecule has 0 aliphatic carbocycles. The van der Waals surface area contributed by atoms with Crippen LogP contribution in [0.4, 0.5) is 0 Å². The maximum atomic E-state index is 14.4. The number of hydrogen-bond acceptors (Lipinski definition) is 17. The minimum absolute atomic E-state index is 0.139. The predicted molar refractivity (Wildman–Crippen MR) is 304 cm³/mol. The minimum atomic E-state index is -1.66. The van der Waals surface area contributed by atoms with E-state index in [1.807, 2.05) is 91.0 Å². The first-order valence-corrected chi connectivity index (χ1v) is 28.4. The molecule has 0 saturated carbocycles. The van der Waals surface area contributed by atoms with Crippen LogP contribution < -0.4 is 0 Å². The Balaban J connectivity index is 1.05. The zero-order valence-corrected chi connectivity index (χ0v) is 45.5. The molecular weight excluding hydrogens is 1070 g/mol. The largest absolute Gasteiger partial charge is 0.459 e. The van der Waals surface area contributed by atoms with E-state index >= 15 is 0 Å². The maximum Gasteiger partial charge on any atom is 0.338 e. The van der Waals surface area contributed by atoms with Crippen LogP contribution in [0, 0.1) is 0 Å². The molecule has 0 amide bonds. The lowest BCUT2D eigenvalue weighted by Gasteiger charge is -2.47. The molecule has 10 unspecified atom stereocenters. The standard InChI is InChI=1S/C64H59NO14S2/c66-58(46-28-14-4-15-29-46)73-41-51-53(77-59(67)47-30-16-5-17-31-47)55(78-60(68)48-32-18-6-19-33-48)56(79-61(69)49-34-20-7-21-35-49)62(75-51)74-42-50-52(70-38-43-22-8-1-9-23-43)54(71-39-44-24-10-2-11-25-44)57(72-40-45-26-12-3-13-27-45)63(76-50)81-64-65-36-37-80-64/h1-35,50-57,62-63H,36-42H2. The highest BCUT2D eigenvalue weighted by atomic mass is 32.2. The number of benzene rings is 7. The summed E-state index contributed by atoms with van der Waals surface area (Å²) in [4.78, 5) is 61.6. The van der Waals surface area contributed by atoms with E-state index in [1.165, 1.54) is 11.8 Å². The molecule has 10 atom stereocenters. The smallest absolute Gasteiger partial charge is 0.338 e. The zero-order chi connectivity index (χ0) is 55.6. The fraction of sp³-hybridized carbons (Fsp3) is 0.266. The number of hydrogen-bond donors (Lipinski definition) is 0. The Morgan fingerprint density at radius 1 is 0.420 bits per heavy atom. The molecule has 7 aromatic carbocycles. The molecule has 0 bridgehead atoms. The molecular formula is C64H59NO14S2. The fourth-order valence-electron chi connectivity index (χ4n) is 9.31. The Morgan fingerprint density at radius 3 is 1.27 bits per heavy atom. The second-order valence-electron chi connectivity index (χ2n) is 19.0. The molecule has 0 spiro atoms. The number of esters is 4. The number of aliphatic imine (C=N–C) groups is 1. The third kappa shape index (κ3) is 15.5. The van der Waals surface area contributed by atoms with Gasteiger partial charge in [0.15, 0.2) is 24.6 Å². The Hall–Kier alpha value is -7.45. The lowest BCUT2D eigenvalue weighted by molar-refractivity contribution is -0.313. The first-order chi connectivity index (χ1) is 39.8. The van der Waals surface area contributed by atoms with Crippen molar-refractivity contribution in [3.8, 4) is 0 Å². The number of carbonyl (C=O) groups is 4. The topological polar surface area (TPSA) is 173 Å². The summed E-state index contributed by atoms with van der Waals surface area (Å²) in [7, 11) is 0. The van der Waals surface area contributed by atoms with Crippen molar-refractivity contribution in [1.82, 2.24) is 0 Å². The molecule has 0 N–H and O–H groups in total. The summed E-state index contributed by atoms with van der Waals surface area (Å²) in [5.74, 6) is -2.42. The van der Waals surface area contributed by atoms with Gasteiger partial charge in [-0.25, -0.2) is 19.2 Å². The van der Waals surface area contributed by atoms with E-state index in [-0.39, 0.29) is 48.7 Å². The summed E-state index contributed by atoms with van der Waals surface area (Å²) in [6.07, 6.45) is -11.4. The van der Waals surface area contributed by atoms with Crippen molar-refractivity contribution >= 4 is 51.8 Å². The van der Waals surface area contributed by atoms with Crippen LogP contribution in [0.25, 0.3) is 0 Å². The molecule has 81 heavy (non-hydrogen) atoms. The number of thioether (sulfide) groups is 2. The summed E-state index contributed by atoms with van der Waals surface area (Å²) < 4.78 is 67.5. The van der Waals surface area contributed by atoms with Gasteiger partial charge in [0.1, 0.15) is 46.9 Å². The summed E-state index contributed by atoms with van der Waals surface area (Å²) >= 11 is 3.04. The SMILES string of the molecule is O=C(OCC1OC(OCC2OC(SC3=NCCS3)C(OCc3ccccc3)C(OCc3ccccc3)C2OCc2ccccc2)C(OC(=O)c2ccccc2)C(OC(=O)c2ccccc2)C1OC(=O)c1ccccc1)c1ccccc1. The first-order valence-electron chi connectivity index (χ1n) is 26.6. The highest BCUT2D eigenvalue weighted by Gasteiger charge is 2.55. The van der Waals surface area contributed by atoms with Gasteiger partial charge in [0.05, 0.1) is 55.2 Å². The second-order valence-corrected chi connectivity index (χ2v) is 21.4. The molecule has 2 saturated heterocycles. The van der Waals surface area contributed by atoms with Gasteiger partial charge < -0.3 is 47.4 Å². The van der Waals surface area contributed by atoms with Crippen LogP contribution in [-0.2, 0) is 67.2 Å². The Kier molecular flexibility index (Phi) is 20.2. The van der Waals surface area contributed by atoms with Gasteiger partial charge >= 0.3 is 23.9 Å². The van der Waals surface area contributed by atoms with Gasteiger partial charge in [0.2, 0.25) is 0 Å². The van der Waals surface area contributed by atoms with Crippen LogP contribution in [0.2, 0.25) is 0 Å². The summed E-state index contributed by atoms with van der Waals surface area (Å²) in [5.41, 5.74) is 2.67. The van der Waals surface area contributed by atoms with Crippen molar-refractivity contribution < 1.29 is 66.5 Å². The van der Waals surface area contributed by atoms with Crippen molar-refractivity contribution in [2.45, 2.75) is 80.4 Å². The normalized spacial score (nSPS) is 23.3. The van der Waals surface area contributed by atoms with Gasteiger partial charge in [-0.05, 0) is 65.2 Å². The number of nitrogens with zero attached hydrogens (tertiary/aromatic N) is 1. The van der Waals surface area contributed by atoms with E-state index in [1.54, 1.807) is 133 Å². The minimum Gasteiger partial charge on any atom is -0.459 e. The Morgan fingerprint density at radius 2 is 0.815 bits per heavy atom. The van der Waals surface area contributed by atoms with Crippen molar-refractivity contribution in [3.05, 3.63) is 251 Å². The molecule has 17 heteroatoms. The van der Waals surface area contributed by atoms with Crippen molar-refractivity contribution in [3.63, 3.8) is 0 Å². The third-order valence-corrected chi connectivity index (χ3v) is 15.7. The Labute approximate surface area is 478 Å². The molecule has 0 aromatic heterocycles. The second kappa shape index (κ2) is 28.8. The van der Waals surface area contributed by atoms with Crippen LogP contribution in [0.1, 0.15) is 58.1 Å². The van der Waals surface area contributed by atoms with Gasteiger partial charge in [-0.3, -0.25) is 4.99 Å². The quantitative estimate of drug-likeness (QED) is 0.0463. The van der Waals surface area contributed by atoms with Gasteiger partial charge in [0.25, 0.3) is 0 Å². The molecule has 7 aromatic rings. The summed E-state index contributed by atoms with van der Waals surface area (Å²) in [6, 6.07) is 62.2. The molecule has 3 aliphatic rings. The highest BCUT2D eigenvalue weighted by Crippen LogP contribution is 2.40. The lowest BCUT2D eigenvalue weighted by Crippen LogP contribution is -2.64. The molecule has 416 valence electrons. The lowest BCUT2D eigenvalue weighted by atomic mass is 9.97. The van der Waals surface area contributed by atoms with Crippen LogP contribution in [0.15, 0.2) is 217 Å². The Bertz CT molecular complexity index is 3130. The van der Waals surface area contributed by atoms with Crippen LogP contribution in [-0.4, -0.2) is 114 Å². The van der Waals surface area contributed by atoms with Crippen LogP contribution >= 0.6 is 23.5 Å². The highest BCUT2D eigenvalue weighted by molar-refractivity contribution is 8.39. The van der Waals surface area contributed by atoms with Gasteiger partial charge in [-0.15, -0.1) is 0 Å². The van der Waals surface area contributed by atoms with E-state index in [0.717, 1.165) is 26.8 Å². The van der Waals surface area contributed by atoms with Crippen molar-refractivity contribution in [2.24, 2.45) is 4.99 Å². The van der Waals surface area contributed by atoms with Crippen LogP contribution in [0.5, 0.6) is 0 Å². The third-order valence-electron chi connectivity index (χ3n) is 13.4. The molecule has 2 fully saturated rings. The van der Waals surface area contributed by atoms with E-state index in [4.69, 9.17) is 52.4 Å². The van der Waals surface area contributed by atoms with Gasteiger partial charge in [0, 0.05) is 5.75 Å². The van der Waals surface area contributed by atoms with E-state index < -0.39 is 91.0 Å². The van der Waals surface area contributed by atoms with Crippen molar-refractivity contribution in [1.29, 1.82) is 0 Å². The number of rotatable bonds is 22. The van der Waals surface area contributed by atoms with Gasteiger partial charge in [-0.2, -0.15) is 0 Å². The van der Waals surface area contributed by atoms with E-state index in [0.29, 0.717) is 6.54 Å². The molecule has 15 nitrogen and oxygen atoms in total. The summed E-state index contributed by atoms with van der Waals surface area (Å²) in [5, 5.41) is 0. The average molecular weight is 1130 g/mol. The van der Waals surface area contributed by atoms with E-state index in [2.05, 4.69) is 0 Å². The van der Waals surface area contributed by atoms with Gasteiger partial charge in [-0.1, -0.05) is 187 Å². The predicted octanol–water partition coefficient (Wildman–Crippen LogP) is 10.6. The first kappa shape index (κ1) is 56.8. The zero-order valence-electron chi connectivity index (χ0n) is 43.9. The van der Waals surface area contributed by atoms with Crippen LogP contribution in [0.3, 0.4) is 0 Å².